The zero-order valence-corrected chi connectivity index (χ0v) is 11.0. The van der Waals surface area contributed by atoms with Gasteiger partial charge < -0.3 is 0 Å². The number of benzene rings is 1. The summed E-state index contributed by atoms with van der Waals surface area (Å²) in [7, 11) is 0. The van der Waals surface area contributed by atoms with E-state index in [0.717, 1.165) is 15.1 Å². The third kappa shape index (κ3) is 3.85. The summed E-state index contributed by atoms with van der Waals surface area (Å²) in [6.07, 6.45) is 4.22. The van der Waals surface area contributed by atoms with Crippen LogP contribution in [-0.4, -0.2) is 0 Å². The van der Waals surface area contributed by atoms with Gasteiger partial charge >= 0.3 is 0 Å². The van der Waals surface area contributed by atoms with Gasteiger partial charge in [-0.2, -0.15) is 0 Å². The second kappa shape index (κ2) is 4.50. The van der Waals surface area contributed by atoms with Gasteiger partial charge in [0, 0.05) is 9.50 Å². The summed E-state index contributed by atoms with van der Waals surface area (Å²) >= 11 is 9.46. The van der Waals surface area contributed by atoms with Crippen LogP contribution in [0.5, 0.6) is 0 Å². The molecule has 0 heterocycles. The molecule has 0 unspecified atom stereocenters. The second-order valence-electron chi connectivity index (χ2n) is 4.37. The molecule has 0 aliphatic heterocycles. The minimum absolute atomic E-state index is 0.191. The van der Waals surface area contributed by atoms with Crippen molar-refractivity contribution in [1.82, 2.24) is 0 Å². The molecule has 76 valence electrons. The molecule has 1 rings (SSSR count). The third-order valence-electron chi connectivity index (χ3n) is 1.73. The Kier molecular flexibility index (Phi) is 3.79. The smallest absolute Gasteiger partial charge is 0.0489 e. The highest BCUT2D eigenvalue weighted by Gasteiger charge is 2.04. The van der Waals surface area contributed by atoms with Crippen molar-refractivity contribution >= 4 is 33.6 Å². The van der Waals surface area contributed by atoms with Crippen molar-refractivity contribution in [3.63, 3.8) is 0 Å². The lowest BCUT2D eigenvalue weighted by atomic mass is 9.95. The second-order valence-corrected chi connectivity index (χ2v) is 5.69. The van der Waals surface area contributed by atoms with Crippen LogP contribution < -0.4 is 0 Å². The SMILES string of the molecule is CC(C)(C)/C=C/c1ccc(Br)cc1Cl. The van der Waals surface area contributed by atoms with Gasteiger partial charge in [0.05, 0.1) is 0 Å². The zero-order valence-electron chi connectivity index (χ0n) is 8.64. The fourth-order valence-electron chi connectivity index (χ4n) is 0.976. The minimum atomic E-state index is 0.191. The molecule has 0 aliphatic rings. The van der Waals surface area contributed by atoms with Crippen LogP contribution >= 0.6 is 27.5 Å². The van der Waals surface area contributed by atoms with Gasteiger partial charge in [0.1, 0.15) is 0 Å². The molecule has 0 saturated carbocycles. The van der Waals surface area contributed by atoms with Crippen molar-refractivity contribution in [3.8, 4) is 0 Å². The molecule has 0 atom stereocenters. The Morgan fingerprint density at radius 2 is 1.93 bits per heavy atom. The quantitative estimate of drug-likeness (QED) is 0.663. The molecule has 0 radical (unpaired) electrons. The molecule has 0 saturated heterocycles. The maximum absolute atomic E-state index is 6.08. The summed E-state index contributed by atoms with van der Waals surface area (Å²) in [5.74, 6) is 0. The van der Waals surface area contributed by atoms with Gasteiger partial charge in [-0.3, -0.25) is 0 Å². The average Bonchev–Trinajstić information content (AvgIpc) is 2.00. The first-order valence-electron chi connectivity index (χ1n) is 4.53. The maximum Gasteiger partial charge on any atom is 0.0489 e. The van der Waals surface area contributed by atoms with Gasteiger partial charge in [-0.25, -0.2) is 0 Å². The molecule has 2 heteroatoms. The highest BCUT2D eigenvalue weighted by atomic mass is 79.9. The van der Waals surface area contributed by atoms with Crippen molar-refractivity contribution in [2.45, 2.75) is 20.8 Å². The Morgan fingerprint density at radius 3 is 2.43 bits per heavy atom. The first-order chi connectivity index (χ1) is 6.38. The van der Waals surface area contributed by atoms with Gasteiger partial charge in [-0.1, -0.05) is 66.5 Å². The summed E-state index contributed by atoms with van der Waals surface area (Å²) in [4.78, 5) is 0. The number of halogens is 2. The highest BCUT2D eigenvalue weighted by molar-refractivity contribution is 9.10. The number of allylic oxidation sites excluding steroid dienone is 1. The van der Waals surface area contributed by atoms with Crippen molar-refractivity contribution in [2.24, 2.45) is 5.41 Å². The Balaban J connectivity index is 2.93. The van der Waals surface area contributed by atoms with E-state index < -0.39 is 0 Å². The van der Waals surface area contributed by atoms with Crippen molar-refractivity contribution in [3.05, 3.63) is 39.3 Å². The van der Waals surface area contributed by atoms with Crippen LogP contribution in [0.25, 0.3) is 6.08 Å². The molecule has 0 amide bonds. The fourth-order valence-corrected chi connectivity index (χ4v) is 1.71. The molecule has 0 N–H and O–H groups in total. The van der Waals surface area contributed by atoms with Gasteiger partial charge in [0.15, 0.2) is 0 Å². The van der Waals surface area contributed by atoms with Crippen LogP contribution in [0.1, 0.15) is 26.3 Å². The molecule has 1 aromatic carbocycles. The summed E-state index contributed by atoms with van der Waals surface area (Å²) in [6, 6.07) is 5.91. The first-order valence-corrected chi connectivity index (χ1v) is 5.70. The van der Waals surface area contributed by atoms with Crippen molar-refractivity contribution in [1.29, 1.82) is 0 Å². The van der Waals surface area contributed by atoms with E-state index in [2.05, 4.69) is 48.9 Å². The topological polar surface area (TPSA) is 0 Å². The molecule has 0 spiro atoms. The predicted octanol–water partition coefficient (Wildman–Crippen LogP) is 5.16. The van der Waals surface area contributed by atoms with E-state index in [1.54, 1.807) is 0 Å². The summed E-state index contributed by atoms with van der Waals surface area (Å²) < 4.78 is 1.01. The molecule has 0 aromatic heterocycles. The maximum atomic E-state index is 6.08. The Morgan fingerprint density at radius 1 is 1.29 bits per heavy atom. The summed E-state index contributed by atoms with van der Waals surface area (Å²) in [5, 5.41) is 0.778. The Labute approximate surface area is 99.1 Å². The Bertz CT molecular complexity index is 348. The molecule has 0 fully saturated rings. The van der Waals surface area contributed by atoms with Crippen LogP contribution in [0.4, 0.5) is 0 Å². The zero-order chi connectivity index (χ0) is 10.8. The van der Waals surface area contributed by atoms with E-state index in [1.807, 2.05) is 18.2 Å². The monoisotopic (exact) mass is 272 g/mol. The molecular formula is C12H14BrCl. The molecular weight excluding hydrogens is 259 g/mol. The minimum Gasteiger partial charge on any atom is -0.0836 e. The lowest BCUT2D eigenvalue weighted by Gasteiger charge is -2.11. The van der Waals surface area contributed by atoms with E-state index in [-0.39, 0.29) is 5.41 Å². The largest absolute Gasteiger partial charge is 0.0836 e. The van der Waals surface area contributed by atoms with Gasteiger partial charge in [0.2, 0.25) is 0 Å². The van der Waals surface area contributed by atoms with Gasteiger partial charge in [0.25, 0.3) is 0 Å². The van der Waals surface area contributed by atoms with Crippen LogP contribution in [0, 0.1) is 5.41 Å². The normalized spacial score (nSPS) is 12.4. The van der Waals surface area contributed by atoms with Crippen molar-refractivity contribution < 1.29 is 0 Å². The molecule has 0 bridgehead atoms. The lowest BCUT2D eigenvalue weighted by molar-refractivity contribution is 0.547. The lowest BCUT2D eigenvalue weighted by Crippen LogP contribution is -1.97. The van der Waals surface area contributed by atoms with Crippen molar-refractivity contribution in [2.75, 3.05) is 0 Å². The molecule has 0 aliphatic carbocycles. The average molecular weight is 274 g/mol. The van der Waals surface area contributed by atoms with E-state index in [9.17, 15) is 0 Å². The number of rotatable bonds is 1. The van der Waals surface area contributed by atoms with Crippen LogP contribution in [0.2, 0.25) is 5.02 Å². The highest BCUT2D eigenvalue weighted by Crippen LogP contribution is 2.24. The predicted molar refractivity (Wildman–Crippen MR) is 67.6 cm³/mol. The Hall–Kier alpha value is -0.270. The molecule has 0 nitrogen and oxygen atoms in total. The van der Waals surface area contributed by atoms with Crippen LogP contribution in [0.15, 0.2) is 28.7 Å². The molecule has 14 heavy (non-hydrogen) atoms. The fraction of sp³-hybridized carbons (Fsp3) is 0.333. The summed E-state index contributed by atoms with van der Waals surface area (Å²) in [5.41, 5.74) is 1.25. The number of hydrogen-bond acceptors (Lipinski definition) is 0. The van der Waals surface area contributed by atoms with E-state index in [1.165, 1.54) is 0 Å². The first kappa shape index (κ1) is 11.8. The standard InChI is InChI=1S/C12H14BrCl/c1-12(2,3)7-6-9-4-5-10(13)8-11(9)14/h4-8H,1-3H3/b7-6+. The van der Waals surface area contributed by atoms with E-state index >= 15 is 0 Å². The summed E-state index contributed by atoms with van der Waals surface area (Å²) in [6.45, 7) is 6.49. The number of hydrogen-bond donors (Lipinski definition) is 0. The van der Waals surface area contributed by atoms with Crippen LogP contribution in [-0.2, 0) is 0 Å². The van der Waals surface area contributed by atoms with Gasteiger partial charge in [-0.15, -0.1) is 0 Å². The van der Waals surface area contributed by atoms with Gasteiger partial charge in [-0.05, 0) is 23.1 Å². The van der Waals surface area contributed by atoms with E-state index in [0.29, 0.717) is 0 Å². The van der Waals surface area contributed by atoms with E-state index in [4.69, 9.17) is 11.6 Å². The molecule has 1 aromatic rings. The van der Waals surface area contributed by atoms with Crippen LogP contribution in [0.3, 0.4) is 0 Å². The third-order valence-corrected chi connectivity index (χ3v) is 2.55.